The summed E-state index contributed by atoms with van der Waals surface area (Å²) in [5, 5.41) is 7.85. The SMILES string of the molecule is CSc1cccc(Sc2nncs2)c1CN. The quantitative estimate of drug-likeness (QED) is 0.865. The molecule has 0 aliphatic rings. The number of nitrogens with two attached hydrogens (primary N) is 1. The molecular weight excluding hydrogens is 258 g/mol. The van der Waals surface area contributed by atoms with E-state index in [2.05, 4.69) is 28.6 Å². The van der Waals surface area contributed by atoms with Crippen LogP contribution in [0.2, 0.25) is 0 Å². The Morgan fingerprint density at radius 2 is 2.19 bits per heavy atom. The van der Waals surface area contributed by atoms with Crippen molar-refractivity contribution >= 4 is 34.9 Å². The standard InChI is InChI=1S/C10H11N3S3/c1-14-8-3-2-4-9(7(8)5-11)16-10-13-12-6-15-10/h2-4,6H,5,11H2,1H3. The van der Waals surface area contributed by atoms with Crippen molar-refractivity contribution in [2.45, 2.75) is 20.7 Å². The Hall–Kier alpha value is -0.560. The molecule has 0 amide bonds. The van der Waals surface area contributed by atoms with Gasteiger partial charge in [0.1, 0.15) is 5.51 Å². The third kappa shape index (κ3) is 2.57. The van der Waals surface area contributed by atoms with Gasteiger partial charge in [0, 0.05) is 16.3 Å². The topological polar surface area (TPSA) is 51.8 Å². The van der Waals surface area contributed by atoms with Gasteiger partial charge in [0.2, 0.25) is 0 Å². The van der Waals surface area contributed by atoms with E-state index in [4.69, 9.17) is 5.73 Å². The fourth-order valence-electron chi connectivity index (χ4n) is 1.34. The predicted molar refractivity (Wildman–Crippen MR) is 70.1 cm³/mol. The minimum absolute atomic E-state index is 0.554. The van der Waals surface area contributed by atoms with Gasteiger partial charge in [0.25, 0.3) is 0 Å². The Labute approximate surface area is 107 Å². The minimum Gasteiger partial charge on any atom is -0.326 e. The molecule has 6 heteroatoms. The van der Waals surface area contributed by atoms with Crippen molar-refractivity contribution in [3.05, 3.63) is 29.3 Å². The monoisotopic (exact) mass is 269 g/mol. The molecule has 0 saturated heterocycles. The van der Waals surface area contributed by atoms with Gasteiger partial charge in [-0.1, -0.05) is 29.2 Å². The maximum Gasteiger partial charge on any atom is 0.178 e. The summed E-state index contributed by atoms with van der Waals surface area (Å²) in [6.07, 6.45) is 2.06. The summed E-state index contributed by atoms with van der Waals surface area (Å²) in [7, 11) is 0. The van der Waals surface area contributed by atoms with E-state index in [0.717, 1.165) is 4.34 Å². The Morgan fingerprint density at radius 3 is 2.81 bits per heavy atom. The van der Waals surface area contributed by atoms with Crippen molar-refractivity contribution in [2.75, 3.05) is 6.26 Å². The summed E-state index contributed by atoms with van der Waals surface area (Å²) in [5.74, 6) is 0. The van der Waals surface area contributed by atoms with Crippen molar-refractivity contribution in [2.24, 2.45) is 5.73 Å². The molecule has 16 heavy (non-hydrogen) atoms. The zero-order valence-corrected chi connectivity index (χ0v) is 11.2. The molecule has 2 aromatic rings. The Kier molecular flexibility index (Phi) is 4.22. The molecule has 2 N–H and O–H groups in total. The van der Waals surface area contributed by atoms with Crippen molar-refractivity contribution in [3.63, 3.8) is 0 Å². The van der Waals surface area contributed by atoms with Crippen LogP contribution in [0.3, 0.4) is 0 Å². The van der Waals surface area contributed by atoms with Gasteiger partial charge in [-0.3, -0.25) is 0 Å². The molecule has 0 aliphatic carbocycles. The third-order valence-electron chi connectivity index (χ3n) is 2.05. The summed E-state index contributed by atoms with van der Waals surface area (Å²) >= 11 is 4.89. The first-order chi connectivity index (χ1) is 7.85. The lowest BCUT2D eigenvalue weighted by Gasteiger charge is -2.09. The second-order valence-electron chi connectivity index (χ2n) is 2.95. The Bertz CT molecular complexity index is 456. The first kappa shape index (κ1) is 11.9. The van der Waals surface area contributed by atoms with E-state index >= 15 is 0 Å². The van der Waals surface area contributed by atoms with Crippen LogP contribution in [0.25, 0.3) is 0 Å². The van der Waals surface area contributed by atoms with Gasteiger partial charge in [-0.15, -0.1) is 22.0 Å². The van der Waals surface area contributed by atoms with Crippen LogP contribution in [0.1, 0.15) is 5.56 Å². The highest BCUT2D eigenvalue weighted by Crippen LogP contribution is 2.34. The van der Waals surface area contributed by atoms with Crippen LogP contribution in [0.15, 0.2) is 37.8 Å². The average molecular weight is 269 g/mol. The van der Waals surface area contributed by atoms with Gasteiger partial charge in [-0.2, -0.15) is 0 Å². The van der Waals surface area contributed by atoms with Crippen LogP contribution in [-0.4, -0.2) is 16.5 Å². The van der Waals surface area contributed by atoms with Crippen molar-refractivity contribution in [1.82, 2.24) is 10.2 Å². The molecule has 3 nitrogen and oxygen atoms in total. The average Bonchev–Trinajstić information content (AvgIpc) is 2.81. The number of nitrogens with zero attached hydrogens (tertiary/aromatic N) is 2. The lowest BCUT2D eigenvalue weighted by atomic mass is 10.2. The van der Waals surface area contributed by atoms with Crippen LogP contribution < -0.4 is 5.73 Å². The highest BCUT2D eigenvalue weighted by Gasteiger charge is 2.09. The number of hydrogen-bond acceptors (Lipinski definition) is 6. The van der Waals surface area contributed by atoms with E-state index < -0.39 is 0 Å². The van der Waals surface area contributed by atoms with Crippen molar-refractivity contribution in [3.8, 4) is 0 Å². The summed E-state index contributed by atoms with van der Waals surface area (Å²) in [4.78, 5) is 2.41. The van der Waals surface area contributed by atoms with Crippen LogP contribution in [0, 0.1) is 0 Å². The zero-order valence-electron chi connectivity index (χ0n) is 8.71. The van der Waals surface area contributed by atoms with E-state index in [1.807, 2.05) is 6.07 Å². The summed E-state index contributed by atoms with van der Waals surface area (Å²) in [6, 6.07) is 6.22. The van der Waals surface area contributed by atoms with E-state index in [-0.39, 0.29) is 0 Å². The first-order valence-corrected chi connectivity index (χ1v) is 7.57. The molecule has 0 atom stereocenters. The number of aromatic nitrogens is 2. The van der Waals surface area contributed by atoms with Gasteiger partial charge < -0.3 is 5.73 Å². The van der Waals surface area contributed by atoms with Gasteiger partial charge in [-0.25, -0.2) is 0 Å². The van der Waals surface area contributed by atoms with E-state index in [9.17, 15) is 0 Å². The molecule has 84 valence electrons. The van der Waals surface area contributed by atoms with Crippen molar-refractivity contribution < 1.29 is 0 Å². The van der Waals surface area contributed by atoms with Crippen LogP contribution in [0.4, 0.5) is 0 Å². The number of benzene rings is 1. The molecule has 2 rings (SSSR count). The summed E-state index contributed by atoms with van der Waals surface area (Å²) in [6.45, 7) is 0.554. The lowest BCUT2D eigenvalue weighted by molar-refractivity contribution is 0.974. The molecule has 0 radical (unpaired) electrons. The fourth-order valence-corrected chi connectivity index (χ4v) is 3.66. The lowest BCUT2D eigenvalue weighted by Crippen LogP contribution is -2.00. The third-order valence-corrected chi connectivity index (χ3v) is 4.75. The molecule has 0 spiro atoms. The van der Waals surface area contributed by atoms with E-state index in [1.54, 1.807) is 40.4 Å². The molecule has 1 heterocycles. The molecule has 0 unspecified atom stereocenters. The maximum atomic E-state index is 5.80. The molecule has 0 saturated carbocycles. The number of rotatable bonds is 4. The molecule has 0 fully saturated rings. The van der Waals surface area contributed by atoms with Gasteiger partial charge in [-0.05, 0) is 24.0 Å². The Morgan fingerprint density at radius 1 is 1.38 bits per heavy atom. The highest BCUT2D eigenvalue weighted by molar-refractivity contribution is 8.01. The maximum absolute atomic E-state index is 5.80. The van der Waals surface area contributed by atoms with Gasteiger partial charge in [0.15, 0.2) is 4.34 Å². The smallest absolute Gasteiger partial charge is 0.178 e. The van der Waals surface area contributed by atoms with E-state index in [1.165, 1.54) is 15.4 Å². The fraction of sp³-hybridized carbons (Fsp3) is 0.200. The summed E-state index contributed by atoms with van der Waals surface area (Å²) < 4.78 is 0.952. The summed E-state index contributed by atoms with van der Waals surface area (Å²) in [5.41, 5.74) is 8.73. The molecule has 1 aromatic heterocycles. The van der Waals surface area contributed by atoms with Crippen LogP contribution in [-0.2, 0) is 6.54 Å². The van der Waals surface area contributed by atoms with Crippen molar-refractivity contribution in [1.29, 1.82) is 0 Å². The zero-order chi connectivity index (χ0) is 11.4. The van der Waals surface area contributed by atoms with E-state index in [0.29, 0.717) is 6.54 Å². The Balaban J connectivity index is 2.33. The molecule has 0 aliphatic heterocycles. The van der Waals surface area contributed by atoms with Crippen LogP contribution >= 0.6 is 34.9 Å². The molecular formula is C10H11N3S3. The molecule has 1 aromatic carbocycles. The number of hydrogen-bond donors (Lipinski definition) is 1. The van der Waals surface area contributed by atoms with Crippen LogP contribution in [0.5, 0.6) is 0 Å². The largest absolute Gasteiger partial charge is 0.326 e. The predicted octanol–water partition coefficient (Wildman–Crippen LogP) is 2.87. The first-order valence-electron chi connectivity index (χ1n) is 4.65. The second kappa shape index (κ2) is 5.67. The van der Waals surface area contributed by atoms with Gasteiger partial charge >= 0.3 is 0 Å². The minimum atomic E-state index is 0.554. The second-order valence-corrected chi connectivity index (χ2v) is 5.92. The highest BCUT2D eigenvalue weighted by atomic mass is 32.2. The van der Waals surface area contributed by atoms with Gasteiger partial charge in [0.05, 0.1) is 0 Å². The molecule has 0 bridgehead atoms. The normalized spacial score (nSPS) is 10.6. The number of thioether (sulfide) groups is 1.